The largest absolute Gasteiger partial charge is 0.502 e. The Morgan fingerprint density at radius 2 is 1.77 bits per heavy atom. The molecule has 2 aliphatic rings. The zero-order valence-corrected chi connectivity index (χ0v) is 12.6. The molecular formula is C13H18F2O6S. The van der Waals surface area contributed by atoms with Crippen molar-refractivity contribution in [3.63, 3.8) is 0 Å². The molecule has 0 saturated heterocycles. The van der Waals surface area contributed by atoms with Crippen LogP contribution in [0, 0.1) is 23.7 Å². The van der Waals surface area contributed by atoms with E-state index in [1.54, 1.807) is 0 Å². The summed E-state index contributed by atoms with van der Waals surface area (Å²) in [5.41, 5.74) is 0. The topological polar surface area (TPSA) is 89.9 Å². The summed E-state index contributed by atoms with van der Waals surface area (Å²) in [5.74, 6) is -1.28. The summed E-state index contributed by atoms with van der Waals surface area (Å²) in [6.07, 6.45) is 3.88. The van der Waals surface area contributed by atoms with Crippen LogP contribution in [0.1, 0.15) is 19.3 Å². The number of hydrogen-bond acceptors (Lipinski definition) is 5. The van der Waals surface area contributed by atoms with Crippen molar-refractivity contribution in [2.75, 3.05) is 13.2 Å². The Morgan fingerprint density at radius 1 is 1.23 bits per heavy atom. The fraction of sp³-hybridized carbons (Fsp3) is 0.769. The number of alkyl halides is 2. The lowest BCUT2D eigenvalue weighted by molar-refractivity contribution is -0.163. The highest BCUT2D eigenvalue weighted by Crippen LogP contribution is 2.51. The first-order chi connectivity index (χ1) is 10.2. The van der Waals surface area contributed by atoms with Crippen molar-refractivity contribution in [2.24, 2.45) is 23.7 Å². The second-order valence-corrected chi connectivity index (χ2v) is 7.30. The molecule has 4 atom stereocenters. The predicted molar refractivity (Wildman–Crippen MR) is 71.4 cm³/mol. The lowest BCUT2D eigenvalue weighted by atomic mass is 9.83. The summed E-state index contributed by atoms with van der Waals surface area (Å²) < 4.78 is 64.9. The van der Waals surface area contributed by atoms with E-state index in [9.17, 15) is 22.0 Å². The quantitative estimate of drug-likeness (QED) is 0.432. The molecule has 0 aliphatic heterocycles. The molecule has 0 radical (unpaired) electrons. The van der Waals surface area contributed by atoms with Crippen molar-refractivity contribution in [3.05, 3.63) is 12.8 Å². The molecular weight excluding hydrogens is 322 g/mol. The van der Waals surface area contributed by atoms with Gasteiger partial charge in [-0.05, 0) is 42.9 Å². The molecule has 2 fully saturated rings. The van der Waals surface area contributed by atoms with E-state index in [-0.39, 0.29) is 18.4 Å². The van der Waals surface area contributed by atoms with Crippen LogP contribution in [0.2, 0.25) is 0 Å². The molecule has 2 rings (SSSR count). The summed E-state index contributed by atoms with van der Waals surface area (Å²) in [4.78, 5) is 11.1. The van der Waals surface area contributed by atoms with Gasteiger partial charge < -0.3 is 9.47 Å². The van der Waals surface area contributed by atoms with Gasteiger partial charge in [-0.1, -0.05) is 6.58 Å². The number of ether oxygens (including phenoxy) is 2. The van der Waals surface area contributed by atoms with Gasteiger partial charge in [0.15, 0.2) is 0 Å². The van der Waals surface area contributed by atoms with Gasteiger partial charge in [-0.3, -0.25) is 4.55 Å². The van der Waals surface area contributed by atoms with E-state index >= 15 is 0 Å². The molecule has 2 bridgehead atoms. The first-order valence-corrected chi connectivity index (χ1v) is 8.35. The smallest absolute Gasteiger partial charge is 0.465 e. The number of hydrogen-bond donors (Lipinski definition) is 1. The first-order valence-electron chi connectivity index (χ1n) is 6.91. The van der Waals surface area contributed by atoms with Gasteiger partial charge in [-0.15, -0.1) is 0 Å². The van der Waals surface area contributed by atoms with Gasteiger partial charge in [-0.2, -0.15) is 17.2 Å². The van der Waals surface area contributed by atoms with Crippen molar-refractivity contribution < 1.29 is 36.0 Å². The Kier molecular flexibility index (Phi) is 4.76. The molecule has 0 amide bonds. The normalized spacial score (nSPS) is 31.0. The molecule has 0 aromatic carbocycles. The Hall–Kier alpha value is -1.22. The summed E-state index contributed by atoms with van der Waals surface area (Å²) in [7, 11) is -5.81. The molecule has 4 unspecified atom stereocenters. The van der Waals surface area contributed by atoms with Gasteiger partial charge in [0.2, 0.25) is 0 Å². The monoisotopic (exact) mass is 340 g/mol. The standard InChI is InChI=1S/C13H18F2O6S/c1-2-20-6-10-4-9-3-8(10)5-11(9)7-21-12(16)13(14,15)22(17,18)19/h2,8-11H,1,3-7H2,(H,17,18,19). The van der Waals surface area contributed by atoms with Crippen LogP contribution in [0.25, 0.3) is 0 Å². The third-order valence-corrected chi connectivity index (χ3v) is 5.38. The van der Waals surface area contributed by atoms with Gasteiger partial charge in [0.1, 0.15) is 0 Å². The van der Waals surface area contributed by atoms with Crippen LogP contribution in [0.3, 0.4) is 0 Å². The fourth-order valence-electron chi connectivity index (χ4n) is 3.49. The third kappa shape index (κ3) is 3.24. The van der Waals surface area contributed by atoms with Crippen molar-refractivity contribution in [1.82, 2.24) is 0 Å². The minimum Gasteiger partial charge on any atom is -0.502 e. The summed E-state index contributed by atoms with van der Waals surface area (Å²) in [6, 6.07) is 0. The molecule has 22 heavy (non-hydrogen) atoms. The highest BCUT2D eigenvalue weighted by atomic mass is 32.2. The number of carbonyl (C=O) groups is 1. The van der Waals surface area contributed by atoms with Crippen molar-refractivity contribution >= 4 is 16.1 Å². The molecule has 0 spiro atoms. The average molecular weight is 340 g/mol. The maximum atomic E-state index is 13.0. The third-order valence-electron chi connectivity index (χ3n) is 4.57. The number of esters is 1. The van der Waals surface area contributed by atoms with E-state index in [1.807, 2.05) is 0 Å². The van der Waals surface area contributed by atoms with Crippen molar-refractivity contribution in [1.29, 1.82) is 0 Å². The highest BCUT2D eigenvalue weighted by Gasteiger charge is 2.55. The maximum Gasteiger partial charge on any atom is 0.465 e. The molecule has 9 heteroatoms. The summed E-state index contributed by atoms with van der Waals surface area (Å²) >= 11 is 0. The lowest BCUT2D eigenvalue weighted by Gasteiger charge is -2.27. The van der Waals surface area contributed by atoms with Gasteiger partial charge in [-0.25, -0.2) is 4.79 Å². The molecule has 2 saturated carbocycles. The highest BCUT2D eigenvalue weighted by molar-refractivity contribution is 7.87. The van der Waals surface area contributed by atoms with Gasteiger partial charge in [0.05, 0.1) is 19.5 Å². The second-order valence-electron chi connectivity index (χ2n) is 5.84. The summed E-state index contributed by atoms with van der Waals surface area (Å²) in [5, 5.41) is -4.93. The Morgan fingerprint density at radius 3 is 2.23 bits per heavy atom. The molecule has 0 aromatic rings. The van der Waals surface area contributed by atoms with E-state index in [4.69, 9.17) is 9.29 Å². The molecule has 0 heterocycles. The van der Waals surface area contributed by atoms with Crippen LogP contribution in [0.15, 0.2) is 12.8 Å². The average Bonchev–Trinajstić information content (AvgIpc) is 3.00. The number of halogens is 2. The minimum absolute atomic E-state index is 0.0638. The van der Waals surface area contributed by atoms with Crippen molar-refractivity contribution in [3.8, 4) is 0 Å². The van der Waals surface area contributed by atoms with Crippen LogP contribution < -0.4 is 0 Å². The Bertz CT molecular complexity index is 547. The molecule has 2 aliphatic carbocycles. The van der Waals surface area contributed by atoms with E-state index in [2.05, 4.69) is 11.3 Å². The van der Waals surface area contributed by atoms with Crippen LogP contribution in [-0.4, -0.2) is 37.4 Å². The molecule has 126 valence electrons. The Balaban J connectivity index is 1.83. The fourth-order valence-corrected chi connectivity index (χ4v) is 3.76. The number of carbonyl (C=O) groups excluding carboxylic acids is 1. The van der Waals surface area contributed by atoms with Gasteiger partial charge >= 0.3 is 21.3 Å². The second kappa shape index (κ2) is 6.11. The molecule has 6 nitrogen and oxygen atoms in total. The lowest BCUT2D eigenvalue weighted by Crippen LogP contribution is -2.40. The van der Waals surface area contributed by atoms with Gasteiger partial charge in [0, 0.05) is 0 Å². The van der Waals surface area contributed by atoms with Crippen LogP contribution in [0.5, 0.6) is 0 Å². The SMILES string of the molecule is C=COCC1CC2CC1CC2COC(=O)C(F)(F)S(=O)(=O)O. The summed E-state index contributed by atoms with van der Waals surface area (Å²) in [6.45, 7) is 3.77. The van der Waals surface area contributed by atoms with Crippen LogP contribution >= 0.6 is 0 Å². The van der Waals surface area contributed by atoms with E-state index in [1.165, 1.54) is 6.26 Å². The first kappa shape index (κ1) is 17.1. The molecule has 0 aromatic heterocycles. The van der Waals surface area contributed by atoms with Crippen LogP contribution in [0.4, 0.5) is 8.78 Å². The molecule has 1 N–H and O–H groups in total. The minimum atomic E-state index is -5.81. The van der Waals surface area contributed by atoms with Crippen molar-refractivity contribution in [2.45, 2.75) is 24.5 Å². The Labute approximate surface area is 127 Å². The maximum absolute atomic E-state index is 13.0. The van der Waals surface area contributed by atoms with E-state index in [0.717, 1.165) is 19.3 Å². The predicted octanol–water partition coefficient (Wildman–Crippen LogP) is 1.83. The zero-order chi connectivity index (χ0) is 16.5. The van der Waals surface area contributed by atoms with Crippen LogP contribution in [-0.2, 0) is 24.4 Å². The number of fused-ring (bicyclic) bond motifs is 2. The van der Waals surface area contributed by atoms with E-state index in [0.29, 0.717) is 18.4 Å². The van der Waals surface area contributed by atoms with Gasteiger partial charge in [0.25, 0.3) is 0 Å². The zero-order valence-electron chi connectivity index (χ0n) is 11.8. The van der Waals surface area contributed by atoms with E-state index < -0.39 is 21.3 Å². The number of rotatable bonds is 7.